The second kappa shape index (κ2) is 4.06. The van der Waals surface area contributed by atoms with Gasteiger partial charge in [0.05, 0.1) is 0 Å². The molecule has 0 saturated carbocycles. The highest BCUT2D eigenvalue weighted by atomic mass is 79.9. The van der Waals surface area contributed by atoms with E-state index >= 15 is 0 Å². The number of aromatic nitrogens is 1. The van der Waals surface area contributed by atoms with Crippen LogP contribution in [0.4, 0.5) is 0 Å². The Kier molecular flexibility index (Phi) is 3.23. The first-order valence-electron chi connectivity index (χ1n) is 3.97. The van der Waals surface area contributed by atoms with Crippen LogP contribution in [-0.2, 0) is 11.2 Å². The van der Waals surface area contributed by atoms with E-state index in [1.807, 2.05) is 0 Å². The third kappa shape index (κ3) is 2.52. The molecule has 0 fully saturated rings. The van der Waals surface area contributed by atoms with E-state index in [4.69, 9.17) is 5.11 Å². The number of aliphatic hydroxyl groups is 1. The Hall–Kier alpha value is -0.940. The van der Waals surface area contributed by atoms with Gasteiger partial charge in [0.25, 0.3) is 0 Å². The molecule has 1 unspecified atom stereocenters. The molecule has 4 nitrogen and oxygen atoms in total. The number of aliphatic carboxylic acids is 1. The number of rotatable bonds is 3. The first kappa shape index (κ1) is 11.1. The van der Waals surface area contributed by atoms with Gasteiger partial charge in [-0.3, -0.25) is 4.98 Å². The minimum atomic E-state index is -1.75. The van der Waals surface area contributed by atoms with Crippen LogP contribution in [0.3, 0.4) is 0 Å². The summed E-state index contributed by atoms with van der Waals surface area (Å²) in [7, 11) is 0. The minimum Gasteiger partial charge on any atom is -0.479 e. The average Bonchev–Trinajstić information content (AvgIpc) is 2.08. The maximum absolute atomic E-state index is 10.7. The molecule has 5 heteroatoms. The Morgan fingerprint density at radius 1 is 1.71 bits per heavy atom. The number of nitrogens with zero attached hydrogens (tertiary/aromatic N) is 1. The Balaban J connectivity index is 2.89. The second-order valence-electron chi connectivity index (χ2n) is 3.22. The molecule has 0 aliphatic carbocycles. The first-order valence-corrected chi connectivity index (χ1v) is 4.77. The number of carbonyl (C=O) groups is 1. The van der Waals surface area contributed by atoms with Gasteiger partial charge >= 0.3 is 5.97 Å². The van der Waals surface area contributed by atoms with Crippen molar-refractivity contribution in [2.24, 2.45) is 0 Å². The highest BCUT2D eigenvalue weighted by Gasteiger charge is 2.30. The van der Waals surface area contributed by atoms with E-state index in [9.17, 15) is 9.90 Å². The maximum atomic E-state index is 10.7. The zero-order valence-corrected chi connectivity index (χ0v) is 9.15. The fourth-order valence-electron chi connectivity index (χ4n) is 0.994. The molecular formula is C9H10BrNO3. The van der Waals surface area contributed by atoms with Gasteiger partial charge < -0.3 is 10.2 Å². The summed E-state index contributed by atoms with van der Waals surface area (Å²) < 4.78 is 0.696. The van der Waals surface area contributed by atoms with Crippen LogP contribution in [0.15, 0.2) is 22.9 Å². The standard InChI is InChI=1S/C9H10BrNO3/c1-9(14,8(12)13)4-6-2-3-11-5-7(6)10/h2-3,5,14H,4H2,1H3,(H,12,13). The first-order chi connectivity index (χ1) is 6.43. The van der Waals surface area contributed by atoms with Crippen LogP contribution >= 0.6 is 15.9 Å². The molecule has 0 aromatic carbocycles. The van der Waals surface area contributed by atoms with Crippen molar-refractivity contribution >= 4 is 21.9 Å². The lowest BCUT2D eigenvalue weighted by atomic mass is 9.98. The zero-order valence-electron chi connectivity index (χ0n) is 7.57. The van der Waals surface area contributed by atoms with Crippen molar-refractivity contribution in [1.29, 1.82) is 0 Å². The third-order valence-electron chi connectivity index (χ3n) is 1.85. The predicted octanol–water partition coefficient (Wildman–Crippen LogP) is 1.22. The largest absolute Gasteiger partial charge is 0.479 e. The molecule has 0 radical (unpaired) electrons. The fourth-order valence-corrected chi connectivity index (χ4v) is 1.38. The number of carboxylic acid groups (broad SMARTS) is 1. The van der Waals surface area contributed by atoms with E-state index in [0.717, 1.165) is 0 Å². The van der Waals surface area contributed by atoms with E-state index < -0.39 is 11.6 Å². The Morgan fingerprint density at radius 3 is 2.86 bits per heavy atom. The summed E-state index contributed by atoms with van der Waals surface area (Å²) in [4.78, 5) is 14.5. The lowest BCUT2D eigenvalue weighted by Gasteiger charge is -2.18. The molecular weight excluding hydrogens is 250 g/mol. The molecule has 0 spiro atoms. The van der Waals surface area contributed by atoms with E-state index in [0.29, 0.717) is 10.0 Å². The van der Waals surface area contributed by atoms with Gasteiger partial charge in [0.2, 0.25) is 0 Å². The van der Waals surface area contributed by atoms with Crippen molar-refractivity contribution in [3.63, 3.8) is 0 Å². The Bertz CT molecular complexity index is 352. The summed E-state index contributed by atoms with van der Waals surface area (Å²) in [6, 6.07) is 1.67. The summed E-state index contributed by atoms with van der Waals surface area (Å²) >= 11 is 3.23. The van der Waals surface area contributed by atoms with Gasteiger partial charge in [0, 0.05) is 23.3 Å². The number of hydrogen-bond donors (Lipinski definition) is 2. The van der Waals surface area contributed by atoms with Crippen LogP contribution in [0, 0.1) is 0 Å². The second-order valence-corrected chi connectivity index (χ2v) is 4.08. The summed E-state index contributed by atoms with van der Waals surface area (Å²) in [5.41, 5.74) is -1.03. The number of carboxylic acids is 1. The van der Waals surface area contributed by atoms with Crippen LogP contribution < -0.4 is 0 Å². The number of halogens is 1. The Morgan fingerprint density at radius 2 is 2.36 bits per heavy atom. The monoisotopic (exact) mass is 259 g/mol. The molecule has 1 rings (SSSR count). The number of pyridine rings is 1. The maximum Gasteiger partial charge on any atom is 0.335 e. The third-order valence-corrected chi connectivity index (χ3v) is 2.57. The molecule has 1 aromatic heterocycles. The molecule has 1 aromatic rings. The quantitative estimate of drug-likeness (QED) is 0.857. The van der Waals surface area contributed by atoms with Gasteiger partial charge in [-0.15, -0.1) is 0 Å². The molecule has 2 N–H and O–H groups in total. The van der Waals surface area contributed by atoms with Gasteiger partial charge in [-0.05, 0) is 34.5 Å². The summed E-state index contributed by atoms with van der Waals surface area (Å²) in [6.45, 7) is 1.27. The normalized spacial score (nSPS) is 14.8. The average molecular weight is 260 g/mol. The van der Waals surface area contributed by atoms with Gasteiger partial charge in [0.1, 0.15) is 0 Å². The van der Waals surface area contributed by atoms with Crippen molar-refractivity contribution in [1.82, 2.24) is 4.98 Å². The van der Waals surface area contributed by atoms with Crippen molar-refractivity contribution in [3.8, 4) is 0 Å². The van der Waals surface area contributed by atoms with Gasteiger partial charge in [-0.1, -0.05) is 0 Å². The van der Waals surface area contributed by atoms with Crippen molar-refractivity contribution < 1.29 is 15.0 Å². The molecule has 0 amide bonds. The van der Waals surface area contributed by atoms with Crippen molar-refractivity contribution in [2.75, 3.05) is 0 Å². The van der Waals surface area contributed by atoms with E-state index in [1.54, 1.807) is 18.5 Å². The van der Waals surface area contributed by atoms with E-state index in [1.165, 1.54) is 6.92 Å². The van der Waals surface area contributed by atoms with Crippen LogP contribution in [0.1, 0.15) is 12.5 Å². The molecule has 14 heavy (non-hydrogen) atoms. The lowest BCUT2D eigenvalue weighted by Crippen LogP contribution is -2.37. The smallest absolute Gasteiger partial charge is 0.335 e. The SMILES string of the molecule is CC(O)(Cc1ccncc1Br)C(=O)O. The molecule has 0 saturated heterocycles. The summed E-state index contributed by atoms with van der Waals surface area (Å²) in [6.07, 6.45) is 3.16. The Labute approximate surface area is 89.7 Å². The predicted molar refractivity (Wildman–Crippen MR) is 53.9 cm³/mol. The minimum absolute atomic E-state index is 0.0471. The van der Waals surface area contributed by atoms with Gasteiger partial charge in [0.15, 0.2) is 5.60 Å². The lowest BCUT2D eigenvalue weighted by molar-refractivity contribution is -0.156. The van der Waals surface area contributed by atoms with Crippen molar-refractivity contribution in [2.45, 2.75) is 18.9 Å². The summed E-state index contributed by atoms with van der Waals surface area (Å²) in [5.74, 6) is -1.23. The van der Waals surface area contributed by atoms with Gasteiger partial charge in [-0.2, -0.15) is 0 Å². The topological polar surface area (TPSA) is 70.4 Å². The van der Waals surface area contributed by atoms with Crippen LogP contribution in [0.2, 0.25) is 0 Å². The highest BCUT2D eigenvalue weighted by Crippen LogP contribution is 2.20. The number of hydrogen-bond acceptors (Lipinski definition) is 3. The van der Waals surface area contributed by atoms with E-state index in [-0.39, 0.29) is 6.42 Å². The molecule has 76 valence electrons. The summed E-state index contributed by atoms with van der Waals surface area (Å²) in [5, 5.41) is 18.2. The molecule has 1 atom stereocenters. The van der Waals surface area contributed by atoms with Crippen LogP contribution in [0.5, 0.6) is 0 Å². The van der Waals surface area contributed by atoms with E-state index in [2.05, 4.69) is 20.9 Å². The molecule has 0 aliphatic rings. The van der Waals surface area contributed by atoms with Crippen LogP contribution in [-0.4, -0.2) is 26.8 Å². The highest BCUT2D eigenvalue weighted by molar-refractivity contribution is 9.10. The van der Waals surface area contributed by atoms with Gasteiger partial charge in [-0.25, -0.2) is 4.79 Å². The molecule has 0 bridgehead atoms. The fraction of sp³-hybridized carbons (Fsp3) is 0.333. The zero-order chi connectivity index (χ0) is 10.8. The van der Waals surface area contributed by atoms with Crippen molar-refractivity contribution in [3.05, 3.63) is 28.5 Å². The molecule has 0 aliphatic heterocycles. The van der Waals surface area contributed by atoms with Crippen LogP contribution in [0.25, 0.3) is 0 Å². The molecule has 1 heterocycles.